The van der Waals surface area contributed by atoms with Gasteiger partial charge in [0.25, 0.3) is 5.91 Å². The van der Waals surface area contributed by atoms with Crippen LogP contribution in [-0.2, 0) is 22.7 Å². The Morgan fingerprint density at radius 1 is 1.30 bits per heavy atom. The van der Waals surface area contributed by atoms with Crippen molar-refractivity contribution in [1.29, 1.82) is 0 Å². The summed E-state index contributed by atoms with van der Waals surface area (Å²) in [5, 5.41) is 5.77. The fourth-order valence-corrected chi connectivity index (χ4v) is 3.57. The van der Waals surface area contributed by atoms with Gasteiger partial charge in [0.05, 0.1) is 0 Å². The summed E-state index contributed by atoms with van der Waals surface area (Å²) >= 11 is 0. The number of nitrogens with one attached hydrogen (secondary N) is 2. The van der Waals surface area contributed by atoms with Gasteiger partial charge in [-0.15, -0.1) is 0 Å². The molecule has 2 heterocycles. The summed E-state index contributed by atoms with van der Waals surface area (Å²) in [4.78, 5) is 37.9. The predicted octanol–water partition coefficient (Wildman–Crippen LogP) is 0.912. The van der Waals surface area contributed by atoms with E-state index in [-0.39, 0.29) is 29.6 Å². The molecule has 146 valence electrons. The lowest BCUT2D eigenvalue weighted by atomic mass is 9.90. The Hall–Kier alpha value is -2.25. The molecule has 1 fully saturated rings. The maximum absolute atomic E-state index is 12.8. The molecule has 7 nitrogen and oxygen atoms in total. The summed E-state index contributed by atoms with van der Waals surface area (Å²) in [6, 6.07) is 5.13. The van der Waals surface area contributed by atoms with Gasteiger partial charge in [-0.05, 0) is 48.5 Å². The molecule has 3 rings (SSSR count). The van der Waals surface area contributed by atoms with Gasteiger partial charge < -0.3 is 16.0 Å². The van der Waals surface area contributed by atoms with Crippen LogP contribution < -0.4 is 16.4 Å². The molecule has 0 spiro atoms. The average molecular weight is 372 g/mol. The molecule has 7 heteroatoms. The second-order valence-corrected chi connectivity index (χ2v) is 8.14. The van der Waals surface area contributed by atoms with Gasteiger partial charge in [-0.2, -0.15) is 0 Å². The first kappa shape index (κ1) is 19.5. The topological polar surface area (TPSA) is 105 Å². The highest BCUT2D eigenvalue weighted by Gasteiger charge is 2.39. The van der Waals surface area contributed by atoms with Gasteiger partial charge in [0.1, 0.15) is 6.04 Å². The van der Waals surface area contributed by atoms with Crippen LogP contribution in [0.25, 0.3) is 0 Å². The standard InChI is InChI=1S/C20H28N4O3/c1-20(2,12-21)8-9-22-10-13-4-3-5-14-15(13)11-24(19(14)27)16-6-7-17(25)23-18(16)26/h3-5,16,22H,6-12,21H2,1-2H3,(H,23,25,26). The predicted molar refractivity (Wildman–Crippen MR) is 102 cm³/mol. The zero-order chi connectivity index (χ0) is 19.6. The van der Waals surface area contributed by atoms with Crippen LogP contribution in [0.2, 0.25) is 0 Å². The normalized spacial score (nSPS) is 20.0. The van der Waals surface area contributed by atoms with Crippen molar-refractivity contribution in [2.75, 3.05) is 13.1 Å². The Morgan fingerprint density at radius 3 is 2.78 bits per heavy atom. The second-order valence-electron chi connectivity index (χ2n) is 8.14. The van der Waals surface area contributed by atoms with Crippen molar-refractivity contribution < 1.29 is 14.4 Å². The summed E-state index contributed by atoms with van der Waals surface area (Å²) < 4.78 is 0. The van der Waals surface area contributed by atoms with Crippen LogP contribution in [0, 0.1) is 5.41 Å². The van der Waals surface area contributed by atoms with Gasteiger partial charge in [0.2, 0.25) is 11.8 Å². The van der Waals surface area contributed by atoms with Crippen molar-refractivity contribution >= 4 is 17.7 Å². The number of piperidine rings is 1. The molecule has 1 unspecified atom stereocenters. The lowest BCUT2D eigenvalue weighted by molar-refractivity contribution is -0.136. The Bertz CT molecular complexity index is 760. The van der Waals surface area contributed by atoms with Crippen LogP contribution in [0.15, 0.2) is 18.2 Å². The van der Waals surface area contributed by atoms with Crippen molar-refractivity contribution in [1.82, 2.24) is 15.5 Å². The zero-order valence-electron chi connectivity index (χ0n) is 16.0. The Morgan fingerprint density at radius 2 is 2.07 bits per heavy atom. The van der Waals surface area contributed by atoms with E-state index in [4.69, 9.17) is 5.73 Å². The molecule has 1 aromatic rings. The van der Waals surface area contributed by atoms with Crippen molar-refractivity contribution in [2.45, 2.75) is 52.2 Å². The molecule has 2 aliphatic rings. The van der Waals surface area contributed by atoms with E-state index >= 15 is 0 Å². The van der Waals surface area contributed by atoms with Crippen LogP contribution in [0.4, 0.5) is 0 Å². The fourth-order valence-electron chi connectivity index (χ4n) is 3.57. The lowest BCUT2D eigenvalue weighted by Crippen LogP contribution is -2.52. The van der Waals surface area contributed by atoms with Gasteiger partial charge in [0, 0.05) is 25.1 Å². The first-order valence-electron chi connectivity index (χ1n) is 9.48. The van der Waals surface area contributed by atoms with Gasteiger partial charge in [0.15, 0.2) is 0 Å². The fraction of sp³-hybridized carbons (Fsp3) is 0.550. The summed E-state index contributed by atoms with van der Waals surface area (Å²) in [6.07, 6.45) is 1.62. The molecule has 27 heavy (non-hydrogen) atoms. The minimum absolute atomic E-state index is 0.101. The highest BCUT2D eigenvalue weighted by atomic mass is 16.2. The minimum Gasteiger partial charge on any atom is -0.330 e. The van der Waals surface area contributed by atoms with E-state index in [2.05, 4.69) is 24.5 Å². The molecule has 0 aliphatic carbocycles. The van der Waals surface area contributed by atoms with Crippen molar-refractivity contribution in [3.05, 3.63) is 34.9 Å². The number of hydrogen-bond acceptors (Lipinski definition) is 5. The van der Waals surface area contributed by atoms with Crippen molar-refractivity contribution in [3.63, 3.8) is 0 Å². The molecule has 0 radical (unpaired) electrons. The molecule has 1 aromatic carbocycles. The van der Waals surface area contributed by atoms with E-state index in [0.717, 1.165) is 24.1 Å². The van der Waals surface area contributed by atoms with E-state index in [9.17, 15) is 14.4 Å². The molecule has 0 saturated carbocycles. The maximum atomic E-state index is 12.8. The monoisotopic (exact) mass is 372 g/mol. The van der Waals surface area contributed by atoms with E-state index in [1.807, 2.05) is 18.2 Å². The molecule has 2 aliphatic heterocycles. The molecule has 1 atom stereocenters. The van der Waals surface area contributed by atoms with Gasteiger partial charge in [-0.25, -0.2) is 0 Å². The smallest absolute Gasteiger partial charge is 0.255 e. The zero-order valence-corrected chi connectivity index (χ0v) is 16.0. The third kappa shape index (κ3) is 4.20. The van der Waals surface area contributed by atoms with Crippen molar-refractivity contribution in [2.24, 2.45) is 11.1 Å². The number of nitrogens with zero attached hydrogens (tertiary/aromatic N) is 1. The third-order valence-corrected chi connectivity index (χ3v) is 5.53. The summed E-state index contributed by atoms with van der Waals surface area (Å²) in [5.74, 6) is -0.785. The average Bonchev–Trinajstić information content (AvgIpc) is 2.96. The van der Waals surface area contributed by atoms with Crippen LogP contribution in [0.3, 0.4) is 0 Å². The number of nitrogens with two attached hydrogens (primary N) is 1. The minimum atomic E-state index is -0.575. The van der Waals surface area contributed by atoms with Crippen LogP contribution in [0.5, 0.6) is 0 Å². The number of hydrogen-bond donors (Lipinski definition) is 3. The first-order valence-corrected chi connectivity index (χ1v) is 9.48. The molecule has 4 N–H and O–H groups in total. The lowest BCUT2D eigenvalue weighted by Gasteiger charge is -2.29. The summed E-state index contributed by atoms with van der Waals surface area (Å²) in [7, 11) is 0. The quantitative estimate of drug-likeness (QED) is 0.487. The largest absolute Gasteiger partial charge is 0.330 e. The Kier molecular flexibility index (Phi) is 5.62. The molecule has 0 aromatic heterocycles. The van der Waals surface area contributed by atoms with Crippen LogP contribution >= 0.6 is 0 Å². The van der Waals surface area contributed by atoms with E-state index in [1.54, 1.807) is 4.90 Å². The Labute approximate surface area is 159 Å². The maximum Gasteiger partial charge on any atom is 0.255 e. The van der Waals surface area contributed by atoms with Gasteiger partial charge in [-0.3, -0.25) is 19.7 Å². The summed E-state index contributed by atoms with van der Waals surface area (Å²) in [5.41, 5.74) is 8.57. The van der Waals surface area contributed by atoms with E-state index < -0.39 is 6.04 Å². The third-order valence-electron chi connectivity index (χ3n) is 5.53. The SMILES string of the molecule is CC(C)(CN)CCNCc1cccc2c1CN(C1CCC(=O)NC1=O)C2=O. The van der Waals surface area contributed by atoms with E-state index in [1.165, 1.54) is 0 Å². The first-order chi connectivity index (χ1) is 12.8. The van der Waals surface area contributed by atoms with Gasteiger partial charge in [-0.1, -0.05) is 26.0 Å². The number of rotatable bonds is 7. The van der Waals surface area contributed by atoms with E-state index in [0.29, 0.717) is 31.6 Å². The molecular weight excluding hydrogens is 344 g/mol. The highest BCUT2D eigenvalue weighted by Crippen LogP contribution is 2.29. The van der Waals surface area contributed by atoms with Gasteiger partial charge >= 0.3 is 0 Å². The molecule has 3 amide bonds. The number of carbonyl (C=O) groups excluding carboxylic acids is 3. The van der Waals surface area contributed by atoms with Crippen LogP contribution in [-0.4, -0.2) is 41.8 Å². The number of carbonyl (C=O) groups is 3. The number of benzene rings is 1. The molecular formula is C20H28N4O3. The summed E-state index contributed by atoms with van der Waals surface area (Å²) in [6.45, 7) is 6.85. The Balaban J connectivity index is 1.67. The highest BCUT2D eigenvalue weighted by molar-refractivity contribution is 6.05. The van der Waals surface area contributed by atoms with Crippen molar-refractivity contribution in [3.8, 4) is 0 Å². The molecule has 0 bridgehead atoms. The molecule has 1 saturated heterocycles. The number of imide groups is 1. The van der Waals surface area contributed by atoms with Crippen LogP contribution in [0.1, 0.15) is 54.6 Å². The number of fused-ring (bicyclic) bond motifs is 1. The number of amides is 3. The second kappa shape index (κ2) is 7.78.